The number of esters is 1. The lowest BCUT2D eigenvalue weighted by Crippen LogP contribution is -2.30. The third-order valence-electron chi connectivity index (χ3n) is 4.35. The first-order valence-electron chi connectivity index (χ1n) is 9.18. The Morgan fingerprint density at radius 2 is 1.50 bits per heavy atom. The van der Waals surface area contributed by atoms with E-state index in [1.165, 1.54) is 13.8 Å². The van der Waals surface area contributed by atoms with Crippen LogP contribution < -0.4 is 10.6 Å². The molecule has 28 heavy (non-hydrogen) atoms. The first-order chi connectivity index (χ1) is 13.1. The summed E-state index contributed by atoms with van der Waals surface area (Å²) in [5, 5.41) is 5.34. The quantitative estimate of drug-likeness (QED) is 0.740. The zero-order valence-electron chi connectivity index (χ0n) is 17.1. The van der Waals surface area contributed by atoms with Crippen LogP contribution in [0.3, 0.4) is 0 Å². The second-order valence-electron chi connectivity index (χ2n) is 7.04. The normalized spacial score (nSPS) is 11.8. The maximum Gasteiger partial charge on any atom is 0.340 e. The van der Waals surface area contributed by atoms with Crippen molar-refractivity contribution in [2.24, 2.45) is 0 Å². The summed E-state index contributed by atoms with van der Waals surface area (Å²) in [5.74, 6) is -1.13. The van der Waals surface area contributed by atoms with Crippen LogP contribution in [0, 0.1) is 13.8 Å². The highest BCUT2D eigenvalue weighted by atomic mass is 16.5. The van der Waals surface area contributed by atoms with Crippen molar-refractivity contribution in [2.45, 2.75) is 53.7 Å². The van der Waals surface area contributed by atoms with Crippen LogP contribution in [0.25, 0.3) is 0 Å². The van der Waals surface area contributed by atoms with E-state index >= 15 is 0 Å². The van der Waals surface area contributed by atoms with Gasteiger partial charge in [-0.2, -0.15) is 0 Å². The fourth-order valence-corrected chi connectivity index (χ4v) is 3.14. The molecule has 1 atom stereocenters. The van der Waals surface area contributed by atoms with E-state index in [9.17, 15) is 14.4 Å². The lowest BCUT2D eigenvalue weighted by Gasteiger charge is -2.15. The summed E-state index contributed by atoms with van der Waals surface area (Å²) in [6.45, 7) is 10.8. The number of aromatic nitrogens is 1. The summed E-state index contributed by atoms with van der Waals surface area (Å²) >= 11 is 0. The Labute approximate surface area is 165 Å². The van der Waals surface area contributed by atoms with Gasteiger partial charge in [0.05, 0.1) is 5.56 Å². The van der Waals surface area contributed by atoms with Crippen molar-refractivity contribution in [3.8, 4) is 0 Å². The summed E-state index contributed by atoms with van der Waals surface area (Å²) in [6, 6.07) is 8.68. The molecule has 0 aliphatic rings. The molecule has 1 aromatic heterocycles. The molecule has 0 aliphatic carbocycles. The number of ether oxygens (including phenoxy) is 1. The van der Waals surface area contributed by atoms with E-state index in [1.54, 1.807) is 30.3 Å². The summed E-state index contributed by atoms with van der Waals surface area (Å²) in [7, 11) is 0. The van der Waals surface area contributed by atoms with Crippen LogP contribution in [0.4, 0.5) is 11.4 Å². The van der Waals surface area contributed by atoms with Gasteiger partial charge in [-0.3, -0.25) is 9.59 Å². The lowest BCUT2D eigenvalue weighted by atomic mass is 10.2. The molecule has 0 fully saturated rings. The molecule has 7 heteroatoms. The van der Waals surface area contributed by atoms with Gasteiger partial charge in [0, 0.05) is 35.7 Å². The van der Waals surface area contributed by atoms with Gasteiger partial charge >= 0.3 is 5.97 Å². The van der Waals surface area contributed by atoms with Crippen LogP contribution in [0.1, 0.15) is 55.5 Å². The second kappa shape index (κ2) is 8.73. The Balaban J connectivity index is 2.01. The number of nitrogens with zero attached hydrogens (tertiary/aromatic N) is 1. The molecule has 2 aromatic rings. The molecular weight excluding hydrogens is 358 g/mol. The fourth-order valence-electron chi connectivity index (χ4n) is 3.14. The molecular formula is C21H27N3O4. The number of nitrogens with one attached hydrogen (secondary N) is 2. The number of aryl methyl sites for hydroxylation is 1. The molecule has 7 nitrogen and oxygen atoms in total. The Kier molecular flexibility index (Phi) is 6.62. The molecule has 0 saturated heterocycles. The highest BCUT2D eigenvalue weighted by molar-refractivity contribution is 5.98. The number of hydrogen-bond donors (Lipinski definition) is 2. The van der Waals surface area contributed by atoms with Gasteiger partial charge in [0.25, 0.3) is 5.91 Å². The summed E-state index contributed by atoms with van der Waals surface area (Å²) in [4.78, 5) is 35.9. The summed E-state index contributed by atoms with van der Waals surface area (Å²) < 4.78 is 7.41. The SMILES string of the molecule is CC(=O)Nc1ccc(NC(=O)[C@H](C)OC(=O)c2cc(C)n(C(C)C)c2C)cc1. The summed E-state index contributed by atoms with van der Waals surface area (Å²) in [5.41, 5.74) is 3.42. The average molecular weight is 385 g/mol. The monoisotopic (exact) mass is 385 g/mol. The van der Waals surface area contributed by atoms with Gasteiger partial charge in [-0.15, -0.1) is 0 Å². The lowest BCUT2D eigenvalue weighted by molar-refractivity contribution is -0.123. The van der Waals surface area contributed by atoms with Crippen LogP contribution in [0.5, 0.6) is 0 Å². The van der Waals surface area contributed by atoms with Crippen molar-refractivity contribution >= 4 is 29.2 Å². The smallest absolute Gasteiger partial charge is 0.340 e. The molecule has 0 aliphatic heterocycles. The molecule has 0 spiro atoms. The van der Waals surface area contributed by atoms with E-state index in [0.29, 0.717) is 16.9 Å². The molecule has 150 valence electrons. The molecule has 2 rings (SSSR count). The molecule has 0 saturated carbocycles. The predicted octanol–water partition coefficient (Wildman–Crippen LogP) is 3.83. The Morgan fingerprint density at radius 3 is 1.96 bits per heavy atom. The molecule has 2 N–H and O–H groups in total. The minimum Gasteiger partial charge on any atom is -0.449 e. The number of anilines is 2. The van der Waals surface area contributed by atoms with Crippen LogP contribution >= 0.6 is 0 Å². The maximum absolute atomic E-state index is 12.5. The highest BCUT2D eigenvalue weighted by Gasteiger charge is 2.23. The van der Waals surface area contributed by atoms with Crippen molar-refractivity contribution < 1.29 is 19.1 Å². The molecule has 1 heterocycles. The van der Waals surface area contributed by atoms with Crippen molar-refractivity contribution in [3.05, 3.63) is 47.3 Å². The fraction of sp³-hybridized carbons (Fsp3) is 0.381. The van der Waals surface area contributed by atoms with Crippen LogP contribution in [0.2, 0.25) is 0 Å². The van der Waals surface area contributed by atoms with Gasteiger partial charge in [-0.05, 0) is 65.0 Å². The number of hydrogen-bond acceptors (Lipinski definition) is 4. The highest BCUT2D eigenvalue weighted by Crippen LogP contribution is 2.21. The van der Waals surface area contributed by atoms with Gasteiger partial charge in [-0.25, -0.2) is 4.79 Å². The van der Waals surface area contributed by atoms with Crippen LogP contribution in [-0.2, 0) is 14.3 Å². The largest absolute Gasteiger partial charge is 0.449 e. The third-order valence-corrected chi connectivity index (χ3v) is 4.35. The van der Waals surface area contributed by atoms with Crippen molar-refractivity contribution in [1.82, 2.24) is 4.57 Å². The number of amides is 2. The number of rotatable bonds is 6. The standard InChI is InChI=1S/C21H27N3O4/c1-12(2)24-13(3)11-19(14(24)4)21(27)28-15(5)20(26)23-18-9-7-17(8-10-18)22-16(6)25/h7-12,15H,1-6H3,(H,22,25)(H,23,26)/t15-/m0/s1. The molecule has 0 unspecified atom stereocenters. The van der Waals surface area contributed by atoms with Crippen LogP contribution in [-0.4, -0.2) is 28.5 Å². The van der Waals surface area contributed by atoms with Crippen molar-refractivity contribution in [3.63, 3.8) is 0 Å². The first kappa shape index (κ1) is 21.2. The minimum atomic E-state index is -0.954. The summed E-state index contributed by atoms with van der Waals surface area (Å²) in [6.07, 6.45) is -0.954. The number of carbonyl (C=O) groups excluding carboxylic acids is 3. The van der Waals surface area contributed by atoms with E-state index in [-0.39, 0.29) is 11.9 Å². The Morgan fingerprint density at radius 1 is 0.964 bits per heavy atom. The van der Waals surface area contributed by atoms with Gasteiger partial charge in [0.15, 0.2) is 6.10 Å². The molecule has 1 aromatic carbocycles. The number of carbonyl (C=O) groups is 3. The molecule has 2 amide bonds. The van der Waals surface area contributed by atoms with E-state index in [0.717, 1.165) is 11.4 Å². The van der Waals surface area contributed by atoms with E-state index < -0.39 is 18.0 Å². The predicted molar refractivity (Wildman–Crippen MR) is 109 cm³/mol. The molecule has 0 radical (unpaired) electrons. The van der Waals surface area contributed by atoms with E-state index in [1.807, 2.05) is 27.7 Å². The minimum absolute atomic E-state index is 0.172. The average Bonchev–Trinajstić information content (AvgIpc) is 2.90. The Hall–Kier alpha value is -3.09. The van der Waals surface area contributed by atoms with Crippen molar-refractivity contribution in [2.75, 3.05) is 10.6 Å². The van der Waals surface area contributed by atoms with Gasteiger partial charge in [0.2, 0.25) is 5.91 Å². The number of benzene rings is 1. The van der Waals surface area contributed by atoms with Crippen LogP contribution in [0.15, 0.2) is 30.3 Å². The van der Waals surface area contributed by atoms with Gasteiger partial charge in [-0.1, -0.05) is 0 Å². The topological polar surface area (TPSA) is 89.4 Å². The van der Waals surface area contributed by atoms with Gasteiger partial charge in [0.1, 0.15) is 0 Å². The Bertz CT molecular complexity index is 882. The first-order valence-corrected chi connectivity index (χ1v) is 9.18. The zero-order chi connectivity index (χ0) is 21.0. The van der Waals surface area contributed by atoms with Gasteiger partial charge < -0.3 is 19.9 Å². The van der Waals surface area contributed by atoms with E-state index in [4.69, 9.17) is 4.74 Å². The molecule has 0 bridgehead atoms. The third kappa shape index (κ3) is 5.00. The van der Waals surface area contributed by atoms with E-state index in [2.05, 4.69) is 15.2 Å². The zero-order valence-corrected chi connectivity index (χ0v) is 17.1. The van der Waals surface area contributed by atoms with Crippen molar-refractivity contribution in [1.29, 1.82) is 0 Å². The second-order valence-corrected chi connectivity index (χ2v) is 7.04. The maximum atomic E-state index is 12.5.